The van der Waals surface area contributed by atoms with E-state index >= 15 is 0 Å². The van der Waals surface area contributed by atoms with Gasteiger partial charge >= 0.3 is 0 Å². The molecule has 3 rings (SSSR count). The summed E-state index contributed by atoms with van der Waals surface area (Å²) in [5, 5.41) is 11.9. The van der Waals surface area contributed by atoms with Crippen LogP contribution in [0.4, 0.5) is 0 Å². The molecule has 2 N–H and O–H groups in total. The van der Waals surface area contributed by atoms with Crippen LogP contribution in [0, 0.1) is 12.8 Å². The van der Waals surface area contributed by atoms with Gasteiger partial charge < -0.3 is 5.32 Å². The van der Waals surface area contributed by atoms with Gasteiger partial charge in [0.05, 0.1) is 11.7 Å². The fourth-order valence-electron chi connectivity index (χ4n) is 2.96. The van der Waals surface area contributed by atoms with Crippen LogP contribution in [-0.4, -0.2) is 23.3 Å². The van der Waals surface area contributed by atoms with Gasteiger partial charge in [-0.05, 0) is 55.0 Å². The number of aromatic nitrogens is 2. The van der Waals surface area contributed by atoms with Crippen molar-refractivity contribution in [3.8, 4) is 0 Å². The zero-order valence-electron chi connectivity index (χ0n) is 10.5. The van der Waals surface area contributed by atoms with E-state index in [1.165, 1.54) is 22.9 Å². The molecule has 1 fully saturated rings. The zero-order chi connectivity index (χ0) is 11.8. The van der Waals surface area contributed by atoms with E-state index in [1.807, 2.05) is 6.20 Å². The zero-order valence-corrected chi connectivity index (χ0v) is 10.5. The lowest BCUT2D eigenvalue weighted by Crippen LogP contribution is -2.34. The summed E-state index contributed by atoms with van der Waals surface area (Å²) < 4.78 is 0. The molecule has 2 aromatic rings. The number of fused-ring (bicyclic) bond motifs is 1. The summed E-state index contributed by atoms with van der Waals surface area (Å²) in [7, 11) is 0. The lowest BCUT2D eigenvalue weighted by Gasteiger charge is -2.29. The minimum absolute atomic E-state index is 0.645. The number of rotatable bonds is 1. The Bertz CT molecular complexity index is 529. The number of hydrogen-bond donors (Lipinski definition) is 2. The van der Waals surface area contributed by atoms with Crippen molar-refractivity contribution in [1.82, 2.24) is 15.5 Å². The molecule has 0 spiro atoms. The van der Waals surface area contributed by atoms with Gasteiger partial charge in [-0.2, -0.15) is 5.10 Å². The van der Waals surface area contributed by atoms with Crippen molar-refractivity contribution in [3.63, 3.8) is 0 Å². The molecule has 3 nitrogen and oxygen atoms in total. The Hall–Kier alpha value is -1.35. The molecule has 2 unspecified atom stereocenters. The first-order valence-electron chi connectivity index (χ1n) is 6.38. The Morgan fingerprint density at radius 3 is 3.00 bits per heavy atom. The molecule has 2 atom stereocenters. The van der Waals surface area contributed by atoms with Crippen molar-refractivity contribution in [3.05, 3.63) is 29.5 Å². The smallest absolute Gasteiger partial charge is 0.0653 e. The van der Waals surface area contributed by atoms with Crippen LogP contribution in [-0.2, 0) is 0 Å². The van der Waals surface area contributed by atoms with Crippen LogP contribution < -0.4 is 5.32 Å². The first kappa shape index (κ1) is 10.8. The molecule has 1 aromatic heterocycles. The van der Waals surface area contributed by atoms with Gasteiger partial charge in [0.15, 0.2) is 0 Å². The molecule has 0 radical (unpaired) electrons. The average Bonchev–Trinajstić information content (AvgIpc) is 2.75. The number of nitrogens with one attached hydrogen (secondary N) is 2. The van der Waals surface area contributed by atoms with Gasteiger partial charge in [-0.25, -0.2) is 0 Å². The van der Waals surface area contributed by atoms with Gasteiger partial charge in [0, 0.05) is 11.9 Å². The fourth-order valence-corrected chi connectivity index (χ4v) is 2.96. The van der Waals surface area contributed by atoms with Gasteiger partial charge in [0.25, 0.3) is 0 Å². The minimum atomic E-state index is 0.645. The Labute approximate surface area is 102 Å². The van der Waals surface area contributed by atoms with Crippen LogP contribution in [0.5, 0.6) is 0 Å². The van der Waals surface area contributed by atoms with E-state index in [2.05, 4.69) is 41.5 Å². The Kier molecular flexibility index (Phi) is 2.63. The molecule has 17 heavy (non-hydrogen) atoms. The Balaban J connectivity index is 2.00. The number of piperidine rings is 1. The number of nitrogens with zero attached hydrogens (tertiary/aromatic N) is 1. The van der Waals surface area contributed by atoms with E-state index in [-0.39, 0.29) is 0 Å². The number of aromatic amines is 1. The van der Waals surface area contributed by atoms with Crippen LogP contribution in [0.2, 0.25) is 0 Å². The molecule has 1 aromatic carbocycles. The normalized spacial score (nSPS) is 25.3. The Morgan fingerprint density at radius 2 is 2.18 bits per heavy atom. The molecular weight excluding hydrogens is 210 g/mol. The maximum Gasteiger partial charge on any atom is 0.0653 e. The van der Waals surface area contributed by atoms with E-state index in [0.29, 0.717) is 5.92 Å². The molecule has 1 aliphatic heterocycles. The summed E-state index contributed by atoms with van der Waals surface area (Å²) in [6, 6.07) is 4.52. The monoisotopic (exact) mass is 229 g/mol. The van der Waals surface area contributed by atoms with Crippen molar-refractivity contribution >= 4 is 10.9 Å². The molecule has 1 aliphatic rings. The summed E-state index contributed by atoms with van der Waals surface area (Å²) >= 11 is 0. The maximum atomic E-state index is 4.10. The van der Waals surface area contributed by atoms with Gasteiger partial charge in [-0.3, -0.25) is 5.10 Å². The first-order chi connectivity index (χ1) is 8.24. The van der Waals surface area contributed by atoms with E-state index in [9.17, 15) is 0 Å². The summed E-state index contributed by atoms with van der Waals surface area (Å²) in [6.45, 7) is 6.79. The molecule has 1 saturated heterocycles. The van der Waals surface area contributed by atoms with Crippen molar-refractivity contribution in [2.24, 2.45) is 5.92 Å². The lowest BCUT2D eigenvalue weighted by molar-refractivity contribution is 0.363. The SMILES string of the molecule is Cc1cc2cn[nH]c2cc1C1CNCC(C)C1. The predicted molar refractivity (Wildman–Crippen MR) is 70.2 cm³/mol. The minimum Gasteiger partial charge on any atom is -0.316 e. The van der Waals surface area contributed by atoms with Crippen molar-refractivity contribution in [1.29, 1.82) is 0 Å². The van der Waals surface area contributed by atoms with Crippen molar-refractivity contribution < 1.29 is 0 Å². The van der Waals surface area contributed by atoms with Crippen LogP contribution >= 0.6 is 0 Å². The number of benzene rings is 1. The second-order valence-corrected chi connectivity index (χ2v) is 5.36. The highest BCUT2D eigenvalue weighted by molar-refractivity contribution is 5.79. The van der Waals surface area contributed by atoms with Crippen molar-refractivity contribution in [2.45, 2.75) is 26.2 Å². The average molecular weight is 229 g/mol. The topological polar surface area (TPSA) is 40.7 Å². The van der Waals surface area contributed by atoms with Gasteiger partial charge in [-0.1, -0.05) is 6.92 Å². The van der Waals surface area contributed by atoms with Gasteiger partial charge in [-0.15, -0.1) is 0 Å². The van der Waals surface area contributed by atoms with Crippen LogP contribution in [0.15, 0.2) is 18.3 Å². The maximum absolute atomic E-state index is 4.10. The van der Waals surface area contributed by atoms with Gasteiger partial charge in [0.2, 0.25) is 0 Å². The van der Waals surface area contributed by atoms with Crippen LogP contribution in [0.25, 0.3) is 10.9 Å². The largest absolute Gasteiger partial charge is 0.316 e. The highest BCUT2D eigenvalue weighted by Gasteiger charge is 2.21. The summed E-state index contributed by atoms with van der Waals surface area (Å²) in [4.78, 5) is 0. The third-order valence-corrected chi connectivity index (χ3v) is 3.84. The summed E-state index contributed by atoms with van der Waals surface area (Å²) in [5.41, 5.74) is 4.02. The van der Waals surface area contributed by atoms with E-state index in [4.69, 9.17) is 0 Å². The molecule has 90 valence electrons. The summed E-state index contributed by atoms with van der Waals surface area (Å²) in [6.07, 6.45) is 3.18. The number of H-pyrrole nitrogens is 1. The van der Waals surface area contributed by atoms with E-state index < -0.39 is 0 Å². The standard InChI is InChI=1S/C14H19N3/c1-9-3-11(7-15-6-9)13-5-14-12(4-10(13)2)8-16-17-14/h4-5,8-9,11,15H,3,6-7H2,1-2H3,(H,16,17). The molecule has 3 heteroatoms. The van der Waals surface area contributed by atoms with E-state index in [1.54, 1.807) is 0 Å². The van der Waals surface area contributed by atoms with Crippen LogP contribution in [0.3, 0.4) is 0 Å². The quantitative estimate of drug-likeness (QED) is 0.789. The number of hydrogen-bond acceptors (Lipinski definition) is 2. The molecule has 2 heterocycles. The lowest BCUT2D eigenvalue weighted by atomic mass is 9.84. The molecule has 0 bridgehead atoms. The Morgan fingerprint density at radius 1 is 1.29 bits per heavy atom. The molecule has 0 aliphatic carbocycles. The second-order valence-electron chi connectivity index (χ2n) is 5.36. The molecule has 0 saturated carbocycles. The number of aryl methyl sites for hydroxylation is 1. The van der Waals surface area contributed by atoms with Crippen molar-refractivity contribution in [2.75, 3.05) is 13.1 Å². The fraction of sp³-hybridized carbons (Fsp3) is 0.500. The van der Waals surface area contributed by atoms with Gasteiger partial charge in [0.1, 0.15) is 0 Å². The molecule has 0 amide bonds. The van der Waals surface area contributed by atoms with E-state index in [0.717, 1.165) is 24.5 Å². The highest BCUT2D eigenvalue weighted by Crippen LogP contribution is 2.30. The third-order valence-electron chi connectivity index (χ3n) is 3.84. The van der Waals surface area contributed by atoms with Crippen LogP contribution in [0.1, 0.15) is 30.4 Å². The highest BCUT2D eigenvalue weighted by atomic mass is 15.1. The predicted octanol–water partition coefficient (Wildman–Crippen LogP) is 2.58. The second kappa shape index (κ2) is 4.15. The summed E-state index contributed by atoms with van der Waals surface area (Å²) in [5.74, 6) is 1.41. The molecular formula is C14H19N3. The third kappa shape index (κ3) is 1.95. The first-order valence-corrected chi connectivity index (χ1v) is 6.38.